The molecule has 1 saturated heterocycles. The molecule has 0 bridgehead atoms. The number of sulfonamides is 1. The fourth-order valence-corrected chi connectivity index (χ4v) is 6.54. The Morgan fingerprint density at radius 3 is 2.20 bits per heavy atom. The van der Waals surface area contributed by atoms with Crippen LogP contribution >= 0.6 is 0 Å². The maximum absolute atomic E-state index is 12.7. The van der Waals surface area contributed by atoms with Crippen molar-refractivity contribution in [3.63, 3.8) is 0 Å². The summed E-state index contributed by atoms with van der Waals surface area (Å²) in [6.07, 6.45) is -2.04. The maximum Gasteiger partial charge on any atom is 0.240 e. The summed E-state index contributed by atoms with van der Waals surface area (Å²) < 4.78 is 41.0. The second-order valence-electron chi connectivity index (χ2n) is 11.5. The molecule has 5 rings (SSSR count). The van der Waals surface area contributed by atoms with Crippen LogP contribution in [0.5, 0.6) is 5.75 Å². The fourth-order valence-electron chi connectivity index (χ4n) is 5.50. The quantitative estimate of drug-likeness (QED) is 0.175. The third kappa shape index (κ3) is 8.36. The number of nitrogens with zero attached hydrogens (tertiary/aromatic N) is 1. The Hall–Kier alpha value is -3.61. The van der Waals surface area contributed by atoms with E-state index in [4.69, 9.17) is 9.47 Å². The van der Waals surface area contributed by atoms with Crippen LogP contribution in [0.4, 0.5) is 0 Å². The Labute approximate surface area is 264 Å². The molecule has 1 fully saturated rings. The number of hydrogen-bond acceptors (Lipinski definition) is 8. The molecule has 10 heteroatoms. The van der Waals surface area contributed by atoms with Crippen LogP contribution in [0.1, 0.15) is 53.2 Å². The smallest absolute Gasteiger partial charge is 0.240 e. The molecule has 1 aliphatic heterocycles. The molecule has 238 valence electrons. The molecule has 4 aromatic carbocycles. The van der Waals surface area contributed by atoms with Crippen LogP contribution in [0.25, 0.3) is 0 Å². The molecule has 0 amide bonds. The van der Waals surface area contributed by atoms with E-state index >= 15 is 0 Å². The van der Waals surface area contributed by atoms with Crippen molar-refractivity contribution >= 4 is 10.0 Å². The Bertz CT molecular complexity index is 1630. The molecule has 45 heavy (non-hydrogen) atoms. The molecule has 1 aliphatic rings. The van der Waals surface area contributed by atoms with Gasteiger partial charge in [0.2, 0.25) is 10.0 Å². The Morgan fingerprint density at radius 2 is 1.53 bits per heavy atom. The number of aliphatic hydroxyl groups excluding tert-OH is 2. The summed E-state index contributed by atoms with van der Waals surface area (Å²) in [5.41, 5.74) is 3.99. The third-order valence-corrected chi connectivity index (χ3v) is 9.54. The highest BCUT2D eigenvalue weighted by Crippen LogP contribution is 2.42. The molecule has 1 unspecified atom stereocenters. The van der Waals surface area contributed by atoms with Gasteiger partial charge in [-0.3, -0.25) is 0 Å². The van der Waals surface area contributed by atoms with E-state index in [1.807, 2.05) is 60.5 Å². The van der Waals surface area contributed by atoms with Gasteiger partial charge in [0.15, 0.2) is 6.29 Å². The molecule has 0 spiro atoms. The third-order valence-electron chi connectivity index (χ3n) is 8.13. The number of hydrogen-bond donors (Lipinski definition) is 4. The molecule has 4 N–H and O–H groups in total. The first kappa shape index (κ1) is 32.8. The van der Waals surface area contributed by atoms with Gasteiger partial charge in [0.05, 0.1) is 29.8 Å². The minimum atomic E-state index is -3.64. The number of nitrogens with one attached hydrogen (secondary N) is 1. The van der Waals surface area contributed by atoms with E-state index < -0.39 is 22.4 Å². The largest absolute Gasteiger partial charge is 0.508 e. The molecule has 1 heterocycles. The maximum atomic E-state index is 12.7. The predicted molar refractivity (Wildman–Crippen MR) is 170 cm³/mol. The first-order chi connectivity index (χ1) is 21.6. The number of aromatic hydroxyl groups is 1. The van der Waals surface area contributed by atoms with Crippen molar-refractivity contribution in [1.82, 2.24) is 9.62 Å². The standard InChI is InChI=1S/C35H40N2O7S/c1-24-33(22-37(2)21-32(40)29-7-6-8-30(39)19-29)43-35(44-34(24)27-15-13-26(23-38)14-16-27)28-17-11-25(12-18-28)20-36-45(41,42)31-9-4-3-5-10-31/h3-19,24,32-36,38-40H,20-23H2,1-2H3/t24-,32+,33+,34+,35?/m0/s1. The van der Waals surface area contributed by atoms with E-state index in [1.54, 1.807) is 54.6 Å². The van der Waals surface area contributed by atoms with Gasteiger partial charge in [-0.05, 0) is 53.6 Å². The van der Waals surface area contributed by atoms with Crippen LogP contribution in [0.3, 0.4) is 0 Å². The lowest BCUT2D eigenvalue weighted by Gasteiger charge is -2.42. The van der Waals surface area contributed by atoms with Crippen molar-refractivity contribution in [2.75, 3.05) is 20.1 Å². The lowest BCUT2D eigenvalue weighted by atomic mass is 9.90. The van der Waals surface area contributed by atoms with Crippen molar-refractivity contribution in [1.29, 1.82) is 0 Å². The molecule has 4 aromatic rings. The monoisotopic (exact) mass is 632 g/mol. The topological polar surface area (TPSA) is 129 Å². The number of phenolic OH excluding ortho intramolecular Hbond substituents is 1. The second-order valence-corrected chi connectivity index (χ2v) is 13.3. The summed E-state index contributed by atoms with van der Waals surface area (Å²) in [4.78, 5) is 2.22. The molecule has 0 radical (unpaired) electrons. The Balaban J connectivity index is 1.31. The van der Waals surface area contributed by atoms with Crippen LogP contribution < -0.4 is 4.72 Å². The van der Waals surface area contributed by atoms with Gasteiger partial charge < -0.3 is 29.7 Å². The van der Waals surface area contributed by atoms with Crippen LogP contribution in [0.15, 0.2) is 108 Å². The number of likely N-dealkylation sites (N-methyl/N-ethyl adjacent to an activating group) is 1. The summed E-state index contributed by atoms with van der Waals surface area (Å²) in [6.45, 7) is 3.02. The zero-order valence-electron chi connectivity index (χ0n) is 25.4. The van der Waals surface area contributed by atoms with E-state index in [9.17, 15) is 23.7 Å². The van der Waals surface area contributed by atoms with Gasteiger partial charge in [-0.15, -0.1) is 0 Å². The Morgan fingerprint density at radius 1 is 0.867 bits per heavy atom. The summed E-state index contributed by atoms with van der Waals surface area (Å²) in [7, 11) is -1.72. The van der Waals surface area contributed by atoms with E-state index in [1.165, 1.54) is 0 Å². The van der Waals surface area contributed by atoms with Gasteiger partial charge in [0.25, 0.3) is 0 Å². The number of rotatable bonds is 12. The van der Waals surface area contributed by atoms with Gasteiger partial charge in [0.1, 0.15) is 5.75 Å². The van der Waals surface area contributed by atoms with Crippen LogP contribution in [-0.2, 0) is 32.6 Å². The molecule has 9 nitrogen and oxygen atoms in total. The normalized spacial score (nSPS) is 21.1. The van der Waals surface area contributed by atoms with Gasteiger partial charge in [-0.2, -0.15) is 0 Å². The van der Waals surface area contributed by atoms with E-state index in [0.717, 1.165) is 22.3 Å². The summed E-state index contributed by atoms with van der Waals surface area (Å²) >= 11 is 0. The minimum absolute atomic E-state index is 0.0458. The van der Waals surface area contributed by atoms with Crippen LogP contribution in [-0.4, -0.2) is 54.9 Å². The van der Waals surface area contributed by atoms with Crippen molar-refractivity contribution in [3.05, 3.63) is 131 Å². The van der Waals surface area contributed by atoms with E-state index in [2.05, 4.69) is 11.6 Å². The predicted octanol–water partition coefficient (Wildman–Crippen LogP) is 4.82. The molecular weight excluding hydrogens is 592 g/mol. The molecule has 5 atom stereocenters. The summed E-state index contributed by atoms with van der Waals surface area (Å²) in [5, 5.41) is 30.2. The average molecular weight is 633 g/mol. The first-order valence-corrected chi connectivity index (χ1v) is 16.4. The zero-order valence-corrected chi connectivity index (χ0v) is 26.2. The highest BCUT2D eigenvalue weighted by atomic mass is 32.2. The van der Waals surface area contributed by atoms with Crippen LogP contribution in [0, 0.1) is 5.92 Å². The van der Waals surface area contributed by atoms with Crippen molar-refractivity contribution in [3.8, 4) is 5.75 Å². The summed E-state index contributed by atoms with van der Waals surface area (Å²) in [6, 6.07) is 30.0. The number of ether oxygens (including phenoxy) is 2. The molecule has 0 saturated carbocycles. The number of phenols is 1. The van der Waals surface area contributed by atoms with Crippen molar-refractivity contribution < 1.29 is 33.2 Å². The highest BCUT2D eigenvalue weighted by molar-refractivity contribution is 7.89. The Kier molecular flexibility index (Phi) is 10.7. The lowest BCUT2D eigenvalue weighted by Crippen LogP contribution is -2.44. The SMILES string of the molecule is C[C@H]1[C@@H](CN(C)C[C@@H](O)c2cccc(O)c2)OC(c2ccc(CNS(=O)(=O)c3ccccc3)cc2)O[C@H]1c1ccc(CO)cc1. The number of aliphatic hydroxyl groups is 2. The number of benzene rings is 4. The lowest BCUT2D eigenvalue weighted by molar-refractivity contribution is -0.276. The van der Waals surface area contributed by atoms with Crippen LogP contribution in [0.2, 0.25) is 0 Å². The molecular formula is C35H40N2O7S. The molecule has 0 aliphatic carbocycles. The second kappa shape index (κ2) is 14.7. The zero-order chi connectivity index (χ0) is 32.0. The minimum Gasteiger partial charge on any atom is -0.508 e. The van der Waals surface area contributed by atoms with Gasteiger partial charge in [-0.25, -0.2) is 13.1 Å². The van der Waals surface area contributed by atoms with Crippen molar-refractivity contribution in [2.45, 2.75) is 49.6 Å². The highest BCUT2D eigenvalue weighted by Gasteiger charge is 2.39. The average Bonchev–Trinajstić information content (AvgIpc) is 3.05. The van der Waals surface area contributed by atoms with E-state index in [0.29, 0.717) is 18.7 Å². The van der Waals surface area contributed by atoms with Gasteiger partial charge in [0, 0.05) is 31.1 Å². The van der Waals surface area contributed by atoms with E-state index in [-0.39, 0.29) is 41.9 Å². The van der Waals surface area contributed by atoms with Gasteiger partial charge >= 0.3 is 0 Å². The first-order valence-electron chi connectivity index (χ1n) is 14.9. The molecule has 0 aromatic heterocycles. The summed E-state index contributed by atoms with van der Waals surface area (Å²) in [5.74, 6) is 0.0568. The van der Waals surface area contributed by atoms with Gasteiger partial charge in [-0.1, -0.05) is 85.8 Å². The van der Waals surface area contributed by atoms with Crippen molar-refractivity contribution in [2.24, 2.45) is 5.92 Å². The fraction of sp³-hybridized carbons (Fsp3) is 0.314.